The lowest BCUT2D eigenvalue weighted by Gasteiger charge is -2.38. The second kappa shape index (κ2) is 6.91. The normalized spacial score (nSPS) is 18.7. The van der Waals surface area contributed by atoms with Crippen molar-refractivity contribution in [3.8, 4) is 0 Å². The number of hydrogen-bond donors (Lipinski definition) is 0. The molecule has 2 heterocycles. The summed E-state index contributed by atoms with van der Waals surface area (Å²) in [4.78, 5) is 29.2. The maximum Gasteiger partial charge on any atom is 0.410 e. The molecule has 0 radical (unpaired) electrons. The summed E-state index contributed by atoms with van der Waals surface area (Å²) in [7, 11) is 1.75. The molecule has 0 bridgehead atoms. The summed E-state index contributed by atoms with van der Waals surface area (Å²) in [6, 6.07) is 1.97. The molecular formula is C17H26N2O3S. The van der Waals surface area contributed by atoms with Gasteiger partial charge in [-0.3, -0.25) is 4.79 Å². The highest BCUT2D eigenvalue weighted by atomic mass is 32.1. The van der Waals surface area contributed by atoms with E-state index in [2.05, 4.69) is 0 Å². The summed E-state index contributed by atoms with van der Waals surface area (Å²) in [6.45, 7) is 8.83. The molecule has 0 unspecified atom stereocenters. The number of amides is 2. The number of rotatable bonds is 2. The topological polar surface area (TPSA) is 49.9 Å². The maximum absolute atomic E-state index is 12.7. The smallest absolute Gasteiger partial charge is 0.410 e. The highest BCUT2D eigenvalue weighted by Gasteiger charge is 2.31. The van der Waals surface area contributed by atoms with Gasteiger partial charge in [0.1, 0.15) is 5.60 Å². The number of carbonyl (C=O) groups is 2. The third-order valence-corrected chi connectivity index (χ3v) is 4.97. The van der Waals surface area contributed by atoms with Crippen molar-refractivity contribution < 1.29 is 14.3 Å². The molecule has 2 amide bonds. The Bertz CT molecular complexity index is 577. The third kappa shape index (κ3) is 4.47. The molecule has 0 saturated carbocycles. The Morgan fingerprint density at radius 3 is 2.65 bits per heavy atom. The van der Waals surface area contributed by atoms with Crippen LogP contribution in [-0.4, -0.2) is 53.6 Å². The van der Waals surface area contributed by atoms with Crippen molar-refractivity contribution in [2.75, 3.05) is 20.1 Å². The number of carbonyl (C=O) groups excluding carboxylic acids is 2. The van der Waals surface area contributed by atoms with Crippen LogP contribution in [0, 0.1) is 6.92 Å². The van der Waals surface area contributed by atoms with Gasteiger partial charge in [0, 0.05) is 20.1 Å². The van der Waals surface area contributed by atoms with Crippen molar-refractivity contribution in [3.63, 3.8) is 0 Å². The molecule has 1 saturated heterocycles. The first-order valence-electron chi connectivity index (χ1n) is 7.98. The van der Waals surface area contributed by atoms with Crippen molar-refractivity contribution in [1.82, 2.24) is 9.80 Å². The molecule has 6 heteroatoms. The highest BCUT2D eigenvalue weighted by Crippen LogP contribution is 2.23. The summed E-state index contributed by atoms with van der Waals surface area (Å²) in [5, 5.41) is 1.94. The lowest BCUT2D eigenvalue weighted by molar-refractivity contribution is 0.0132. The van der Waals surface area contributed by atoms with Gasteiger partial charge < -0.3 is 14.5 Å². The molecule has 0 aliphatic carbocycles. The van der Waals surface area contributed by atoms with Crippen LogP contribution in [0.3, 0.4) is 0 Å². The summed E-state index contributed by atoms with van der Waals surface area (Å²) >= 11 is 1.48. The van der Waals surface area contributed by atoms with Crippen LogP contribution in [-0.2, 0) is 4.74 Å². The molecule has 5 nitrogen and oxygen atoms in total. The van der Waals surface area contributed by atoms with Crippen LogP contribution in [0.5, 0.6) is 0 Å². The fourth-order valence-corrected chi connectivity index (χ4v) is 3.57. The molecule has 1 aliphatic heterocycles. The van der Waals surface area contributed by atoms with Crippen molar-refractivity contribution in [2.45, 2.75) is 52.2 Å². The second-order valence-corrected chi connectivity index (χ2v) is 7.99. The van der Waals surface area contributed by atoms with Gasteiger partial charge in [0.25, 0.3) is 5.91 Å². The van der Waals surface area contributed by atoms with Crippen LogP contribution in [0.25, 0.3) is 0 Å². The lowest BCUT2D eigenvalue weighted by atomic mass is 10.0. The van der Waals surface area contributed by atoms with Crippen LogP contribution in [0.15, 0.2) is 11.4 Å². The zero-order chi connectivity index (χ0) is 17.2. The highest BCUT2D eigenvalue weighted by molar-refractivity contribution is 7.12. The molecule has 1 aromatic rings. The van der Waals surface area contributed by atoms with Gasteiger partial charge in [-0.05, 0) is 57.5 Å². The molecule has 23 heavy (non-hydrogen) atoms. The van der Waals surface area contributed by atoms with Gasteiger partial charge >= 0.3 is 6.09 Å². The average Bonchev–Trinajstić information content (AvgIpc) is 2.90. The monoisotopic (exact) mass is 338 g/mol. The predicted molar refractivity (Wildman–Crippen MR) is 92.0 cm³/mol. The number of hydrogen-bond acceptors (Lipinski definition) is 4. The second-order valence-electron chi connectivity index (χ2n) is 7.07. The van der Waals surface area contributed by atoms with Crippen LogP contribution < -0.4 is 0 Å². The van der Waals surface area contributed by atoms with Gasteiger partial charge in [-0.1, -0.05) is 0 Å². The van der Waals surface area contributed by atoms with E-state index in [-0.39, 0.29) is 18.0 Å². The van der Waals surface area contributed by atoms with Gasteiger partial charge in [-0.25, -0.2) is 4.79 Å². The molecule has 0 aromatic carbocycles. The van der Waals surface area contributed by atoms with E-state index < -0.39 is 5.60 Å². The summed E-state index contributed by atoms with van der Waals surface area (Å²) in [5.74, 6) is 0.0692. The Hall–Kier alpha value is -1.56. The first-order valence-corrected chi connectivity index (χ1v) is 8.86. The van der Waals surface area contributed by atoms with Gasteiger partial charge in [-0.15, -0.1) is 11.3 Å². The zero-order valence-corrected chi connectivity index (χ0v) is 15.4. The lowest BCUT2D eigenvalue weighted by Crippen LogP contribution is -2.51. The van der Waals surface area contributed by atoms with E-state index in [1.807, 2.05) is 44.0 Å². The minimum absolute atomic E-state index is 0.00261. The molecule has 0 spiro atoms. The number of thiophene rings is 1. The molecule has 128 valence electrons. The van der Waals surface area contributed by atoms with Crippen molar-refractivity contribution in [1.29, 1.82) is 0 Å². The molecule has 1 atom stereocenters. The van der Waals surface area contributed by atoms with E-state index in [1.54, 1.807) is 11.9 Å². The Balaban J connectivity index is 2.02. The maximum atomic E-state index is 12.7. The van der Waals surface area contributed by atoms with Crippen LogP contribution in [0.2, 0.25) is 0 Å². The molecular weight excluding hydrogens is 312 g/mol. The minimum atomic E-state index is -0.510. The van der Waals surface area contributed by atoms with Gasteiger partial charge in [0.15, 0.2) is 0 Å². The van der Waals surface area contributed by atoms with E-state index in [9.17, 15) is 9.59 Å². The van der Waals surface area contributed by atoms with E-state index in [4.69, 9.17) is 4.74 Å². The minimum Gasteiger partial charge on any atom is -0.444 e. The summed E-state index contributed by atoms with van der Waals surface area (Å²) < 4.78 is 5.43. The number of nitrogens with zero attached hydrogens (tertiary/aromatic N) is 2. The Morgan fingerprint density at radius 2 is 2.09 bits per heavy atom. The molecule has 1 aliphatic rings. The van der Waals surface area contributed by atoms with Gasteiger partial charge in [-0.2, -0.15) is 0 Å². The number of likely N-dealkylation sites (tertiary alicyclic amines) is 1. The fraction of sp³-hybridized carbons (Fsp3) is 0.647. The Labute approximate surface area is 142 Å². The van der Waals surface area contributed by atoms with Gasteiger partial charge in [0.05, 0.1) is 10.9 Å². The van der Waals surface area contributed by atoms with E-state index in [1.165, 1.54) is 11.3 Å². The summed E-state index contributed by atoms with van der Waals surface area (Å²) in [5.41, 5.74) is 0.506. The van der Waals surface area contributed by atoms with Crippen LogP contribution in [0.4, 0.5) is 4.79 Å². The quantitative estimate of drug-likeness (QED) is 0.829. The first-order chi connectivity index (χ1) is 10.7. The molecule has 0 N–H and O–H groups in total. The average molecular weight is 338 g/mol. The van der Waals surface area contributed by atoms with E-state index in [0.717, 1.165) is 29.8 Å². The van der Waals surface area contributed by atoms with Crippen LogP contribution >= 0.6 is 11.3 Å². The number of piperidine rings is 1. The van der Waals surface area contributed by atoms with Crippen LogP contribution in [0.1, 0.15) is 48.8 Å². The molecule has 2 rings (SSSR count). The summed E-state index contributed by atoms with van der Waals surface area (Å²) in [6.07, 6.45) is 1.46. The first kappa shape index (κ1) is 17.8. The third-order valence-electron chi connectivity index (χ3n) is 3.97. The number of likely N-dealkylation sites (N-methyl/N-ethyl adjacent to an activating group) is 1. The van der Waals surface area contributed by atoms with E-state index >= 15 is 0 Å². The van der Waals surface area contributed by atoms with E-state index in [0.29, 0.717) is 6.54 Å². The van der Waals surface area contributed by atoms with Gasteiger partial charge in [0.2, 0.25) is 0 Å². The van der Waals surface area contributed by atoms with Crippen molar-refractivity contribution in [3.05, 3.63) is 21.9 Å². The Morgan fingerprint density at radius 1 is 1.39 bits per heavy atom. The number of aryl methyl sites for hydroxylation is 1. The fourth-order valence-electron chi connectivity index (χ4n) is 2.67. The standard InChI is InChI=1S/C17H26N2O3S/c1-12-8-10-23-14(12)15(20)19-9-6-7-13(11-19)18(5)16(21)22-17(2,3)4/h8,10,13H,6-7,9,11H2,1-5H3/t13-/m1/s1. The predicted octanol–water partition coefficient (Wildman–Crippen LogP) is 3.53. The largest absolute Gasteiger partial charge is 0.444 e. The zero-order valence-electron chi connectivity index (χ0n) is 14.6. The number of ether oxygens (including phenoxy) is 1. The van der Waals surface area contributed by atoms with Crippen molar-refractivity contribution >= 4 is 23.3 Å². The Kier molecular flexibility index (Phi) is 5.34. The molecule has 1 aromatic heterocycles. The SMILES string of the molecule is Cc1ccsc1C(=O)N1CCC[C@@H](N(C)C(=O)OC(C)(C)C)C1. The van der Waals surface area contributed by atoms with Crippen molar-refractivity contribution in [2.24, 2.45) is 0 Å². The molecule has 1 fully saturated rings.